The van der Waals surface area contributed by atoms with Gasteiger partial charge in [0.25, 0.3) is 0 Å². The highest BCUT2D eigenvalue weighted by Crippen LogP contribution is 2.76. The summed E-state index contributed by atoms with van der Waals surface area (Å²) in [4.78, 5) is 34.1. The molecule has 6 nitrogen and oxygen atoms in total. The molecule has 4 saturated carbocycles. The lowest BCUT2D eigenvalue weighted by atomic mass is 9.33. The van der Waals surface area contributed by atoms with Gasteiger partial charge in [-0.3, -0.25) is 9.59 Å². The van der Waals surface area contributed by atoms with E-state index in [2.05, 4.69) is 77.3 Å². The number of carbonyl (C=O) groups is 2. The van der Waals surface area contributed by atoms with Crippen LogP contribution in [0.3, 0.4) is 0 Å². The van der Waals surface area contributed by atoms with E-state index in [0.717, 1.165) is 95.2 Å². The van der Waals surface area contributed by atoms with Crippen LogP contribution in [0.15, 0.2) is 35.4 Å². The van der Waals surface area contributed by atoms with Crippen molar-refractivity contribution in [1.82, 2.24) is 9.80 Å². The maximum absolute atomic E-state index is 14.9. The number of Topliss-reactive ketones (excluding diaryl/α,β-unsaturated/α-hetero) is 1. The summed E-state index contributed by atoms with van der Waals surface area (Å²) in [6.07, 6.45) is 13.1. The largest absolute Gasteiger partial charge is 0.493 e. The van der Waals surface area contributed by atoms with E-state index in [-0.39, 0.29) is 27.4 Å². The number of nitrogens with zero attached hydrogens (tertiary/aromatic N) is 2. The summed E-state index contributed by atoms with van der Waals surface area (Å²) in [6.45, 7) is 24.1. The van der Waals surface area contributed by atoms with E-state index in [1.165, 1.54) is 0 Å². The van der Waals surface area contributed by atoms with Gasteiger partial charge in [0.1, 0.15) is 0 Å². The number of benzene rings is 1. The standard InChI is InChI=1S/C45H66N2O4/c1-11-46-23-25-47(26-24-46)40(49)45-20-17-29(2)30(3)37(45)33-15-16-36-42(6)28-32(27-31-13-12-14-34(50-9)38(31)51-10)39(48)41(4,5)35(42)18-19-44(36,8)43(33,7)21-22-45/h12-15,27,29-30,35-37H,11,16-26,28H2,1-10H3/b32-27-/t29-,30+,35+,36-,37+,42+,43-,44-,45+/m1/s1. The number of ketones is 1. The fourth-order valence-corrected chi connectivity index (χ4v) is 13.6. The molecule has 280 valence electrons. The van der Waals surface area contributed by atoms with Crippen LogP contribution in [-0.4, -0.2) is 68.4 Å². The summed E-state index contributed by atoms with van der Waals surface area (Å²) in [5.41, 5.74) is 2.77. The Kier molecular flexibility index (Phi) is 9.20. The molecule has 1 amide bonds. The van der Waals surface area contributed by atoms with Crippen molar-refractivity contribution in [2.24, 2.45) is 56.7 Å². The lowest BCUT2D eigenvalue weighted by Gasteiger charge is -2.71. The topological polar surface area (TPSA) is 59.1 Å². The third kappa shape index (κ3) is 5.18. The highest BCUT2D eigenvalue weighted by molar-refractivity contribution is 6.04. The van der Waals surface area contributed by atoms with Crippen LogP contribution in [0.1, 0.15) is 112 Å². The van der Waals surface area contributed by atoms with E-state index in [0.29, 0.717) is 47.0 Å². The molecule has 0 N–H and O–H groups in total. The number of carbonyl (C=O) groups excluding carboxylic acids is 2. The summed E-state index contributed by atoms with van der Waals surface area (Å²) in [7, 11) is 3.34. The van der Waals surface area contributed by atoms with Crippen molar-refractivity contribution in [1.29, 1.82) is 0 Å². The molecule has 6 aliphatic rings. The highest BCUT2D eigenvalue weighted by Gasteiger charge is 2.70. The van der Waals surface area contributed by atoms with Crippen LogP contribution in [0.2, 0.25) is 0 Å². The maximum Gasteiger partial charge on any atom is 0.229 e. The third-order valence-electron chi connectivity index (χ3n) is 16.9. The minimum atomic E-state index is -0.458. The van der Waals surface area contributed by atoms with Gasteiger partial charge in [0.2, 0.25) is 5.91 Å². The van der Waals surface area contributed by atoms with E-state index in [4.69, 9.17) is 9.47 Å². The zero-order chi connectivity index (χ0) is 36.7. The van der Waals surface area contributed by atoms with Gasteiger partial charge in [-0.25, -0.2) is 0 Å². The van der Waals surface area contributed by atoms with Crippen molar-refractivity contribution in [3.05, 3.63) is 41.0 Å². The molecule has 0 aromatic heterocycles. The SMILES string of the molecule is CCN1CCN(C(=O)[C@]23CC[C@@H](C)[C@H](C)[C@H]2C2=CC[C@@H]4[C@@]5(C)C/C(=C/c6cccc(OC)c6OC)C(=O)C(C)(C)[C@@H]5CC[C@@]4(C)[C@]2(C)CC3)CC1. The van der Waals surface area contributed by atoms with Crippen LogP contribution in [0, 0.1) is 56.7 Å². The first kappa shape index (κ1) is 36.7. The predicted octanol–water partition coefficient (Wildman–Crippen LogP) is 9.09. The van der Waals surface area contributed by atoms with Crippen molar-refractivity contribution in [2.45, 2.75) is 107 Å². The Morgan fingerprint density at radius 1 is 0.922 bits per heavy atom. The Balaban J connectivity index is 1.28. The first-order valence-electron chi connectivity index (χ1n) is 20.3. The lowest BCUT2D eigenvalue weighted by molar-refractivity contribution is -0.184. The number of piperazine rings is 1. The second kappa shape index (κ2) is 12.8. The average Bonchev–Trinajstić information content (AvgIpc) is 3.11. The zero-order valence-corrected chi connectivity index (χ0v) is 33.5. The van der Waals surface area contributed by atoms with E-state index in [1.807, 2.05) is 18.2 Å². The molecule has 9 atom stereocenters. The normalized spacial score (nSPS) is 41.5. The Hall–Kier alpha value is -2.60. The Bertz CT molecular complexity index is 1620. The van der Waals surface area contributed by atoms with E-state index in [1.54, 1.807) is 19.8 Å². The number of fused-ring (bicyclic) bond motifs is 7. The molecular weight excluding hydrogens is 633 g/mol. The van der Waals surface area contributed by atoms with Crippen LogP contribution < -0.4 is 9.47 Å². The van der Waals surface area contributed by atoms with Crippen LogP contribution >= 0.6 is 0 Å². The lowest BCUT2D eigenvalue weighted by Crippen LogP contribution is -2.66. The number of hydrogen-bond donors (Lipinski definition) is 0. The Morgan fingerprint density at radius 2 is 1.65 bits per heavy atom. The first-order valence-corrected chi connectivity index (χ1v) is 20.3. The molecule has 5 fully saturated rings. The molecule has 0 radical (unpaired) electrons. The Labute approximate surface area is 308 Å². The summed E-state index contributed by atoms with van der Waals surface area (Å²) in [5.74, 6) is 4.27. The van der Waals surface area contributed by atoms with Gasteiger partial charge in [-0.1, -0.05) is 79.2 Å². The summed E-state index contributed by atoms with van der Waals surface area (Å²) >= 11 is 0. The number of hydrogen-bond acceptors (Lipinski definition) is 5. The molecule has 0 spiro atoms. The number of amides is 1. The highest BCUT2D eigenvalue weighted by atomic mass is 16.5. The number of methoxy groups -OCH3 is 2. The van der Waals surface area contributed by atoms with Gasteiger partial charge in [-0.05, 0) is 121 Å². The summed E-state index contributed by atoms with van der Waals surface area (Å²) < 4.78 is 11.4. The monoisotopic (exact) mass is 699 g/mol. The van der Waals surface area contributed by atoms with Gasteiger partial charge >= 0.3 is 0 Å². The predicted molar refractivity (Wildman–Crippen MR) is 206 cm³/mol. The fraction of sp³-hybridized carbons (Fsp3) is 0.733. The number of para-hydroxylation sites is 1. The number of likely N-dealkylation sites (N-methyl/N-ethyl adjacent to an activating group) is 1. The molecule has 7 rings (SSSR count). The van der Waals surface area contributed by atoms with E-state index < -0.39 is 5.41 Å². The van der Waals surface area contributed by atoms with E-state index in [9.17, 15) is 9.59 Å². The molecule has 1 aromatic rings. The molecule has 51 heavy (non-hydrogen) atoms. The summed E-state index contributed by atoms with van der Waals surface area (Å²) in [6, 6.07) is 5.93. The molecule has 1 aliphatic heterocycles. The van der Waals surface area contributed by atoms with Gasteiger partial charge in [0.15, 0.2) is 17.3 Å². The van der Waals surface area contributed by atoms with Gasteiger partial charge in [0, 0.05) is 37.2 Å². The molecule has 6 heteroatoms. The molecule has 5 aliphatic carbocycles. The average molecular weight is 699 g/mol. The molecule has 0 unspecified atom stereocenters. The maximum atomic E-state index is 14.9. The minimum Gasteiger partial charge on any atom is -0.493 e. The number of allylic oxidation sites excluding steroid dienone is 3. The molecule has 1 heterocycles. The van der Waals surface area contributed by atoms with Gasteiger partial charge in [0.05, 0.1) is 19.6 Å². The van der Waals surface area contributed by atoms with Crippen LogP contribution in [0.5, 0.6) is 11.5 Å². The molecular formula is C45H66N2O4. The van der Waals surface area contributed by atoms with Crippen molar-refractivity contribution < 1.29 is 19.1 Å². The van der Waals surface area contributed by atoms with Crippen LogP contribution in [0.25, 0.3) is 6.08 Å². The van der Waals surface area contributed by atoms with Crippen molar-refractivity contribution in [3.63, 3.8) is 0 Å². The summed E-state index contributed by atoms with van der Waals surface area (Å²) in [5, 5.41) is 0. The van der Waals surface area contributed by atoms with E-state index >= 15 is 0 Å². The minimum absolute atomic E-state index is 0.0239. The molecule has 1 aromatic carbocycles. The van der Waals surface area contributed by atoms with Crippen LogP contribution in [-0.2, 0) is 9.59 Å². The van der Waals surface area contributed by atoms with Gasteiger partial charge in [-0.15, -0.1) is 0 Å². The van der Waals surface area contributed by atoms with Crippen LogP contribution in [0.4, 0.5) is 0 Å². The van der Waals surface area contributed by atoms with Crippen molar-refractivity contribution in [2.75, 3.05) is 46.9 Å². The first-order chi connectivity index (χ1) is 24.1. The Morgan fingerprint density at radius 3 is 2.31 bits per heavy atom. The zero-order valence-electron chi connectivity index (χ0n) is 33.5. The number of rotatable bonds is 5. The van der Waals surface area contributed by atoms with Gasteiger partial charge < -0.3 is 19.3 Å². The third-order valence-corrected chi connectivity index (χ3v) is 16.9. The van der Waals surface area contributed by atoms with Crippen molar-refractivity contribution in [3.8, 4) is 11.5 Å². The van der Waals surface area contributed by atoms with Gasteiger partial charge in [-0.2, -0.15) is 0 Å². The fourth-order valence-electron chi connectivity index (χ4n) is 13.6. The quantitative estimate of drug-likeness (QED) is 0.227. The number of ether oxygens (including phenoxy) is 2. The second-order valence-electron chi connectivity index (χ2n) is 19.0. The second-order valence-corrected chi connectivity index (χ2v) is 19.0. The molecule has 1 saturated heterocycles. The smallest absolute Gasteiger partial charge is 0.229 e. The van der Waals surface area contributed by atoms with Crippen molar-refractivity contribution >= 4 is 17.8 Å². The molecule has 0 bridgehead atoms.